The first-order valence-corrected chi connectivity index (χ1v) is 6.11. The molecule has 2 aromatic rings. The molecule has 0 aromatic heterocycles. The third-order valence-corrected chi connectivity index (χ3v) is 3.75. The van der Waals surface area contributed by atoms with Gasteiger partial charge in [0, 0.05) is 5.56 Å². The third kappa shape index (κ3) is 1.69. The molecule has 1 aliphatic carbocycles. The molecule has 88 valence electrons. The second kappa shape index (κ2) is 4.04. The first-order valence-electron chi connectivity index (χ1n) is 6.11. The summed E-state index contributed by atoms with van der Waals surface area (Å²) in [7, 11) is 1.74. The van der Waals surface area contributed by atoms with Crippen molar-refractivity contribution in [3.05, 3.63) is 42.0 Å². The van der Waals surface area contributed by atoms with Gasteiger partial charge in [-0.15, -0.1) is 0 Å². The molecule has 1 fully saturated rings. The Morgan fingerprint density at radius 3 is 2.76 bits per heavy atom. The van der Waals surface area contributed by atoms with E-state index in [0.717, 1.165) is 12.3 Å². The van der Waals surface area contributed by atoms with Gasteiger partial charge in [-0.25, -0.2) is 0 Å². The van der Waals surface area contributed by atoms with Gasteiger partial charge in [0.25, 0.3) is 0 Å². The summed E-state index contributed by atoms with van der Waals surface area (Å²) in [5.41, 5.74) is 7.10. The monoisotopic (exact) mass is 227 g/mol. The maximum absolute atomic E-state index is 5.76. The molecule has 1 saturated carbocycles. The van der Waals surface area contributed by atoms with E-state index in [1.807, 2.05) is 0 Å². The molecular formula is C15H17NO. The van der Waals surface area contributed by atoms with Crippen LogP contribution in [0.25, 0.3) is 10.8 Å². The van der Waals surface area contributed by atoms with Gasteiger partial charge in [0.15, 0.2) is 0 Å². The van der Waals surface area contributed by atoms with E-state index in [4.69, 9.17) is 10.5 Å². The van der Waals surface area contributed by atoms with Gasteiger partial charge in [-0.3, -0.25) is 0 Å². The average molecular weight is 227 g/mol. The van der Waals surface area contributed by atoms with Crippen LogP contribution in [0.4, 0.5) is 0 Å². The molecule has 3 rings (SSSR count). The number of nitrogens with two attached hydrogens (primary N) is 1. The molecule has 0 unspecified atom stereocenters. The van der Waals surface area contributed by atoms with Crippen molar-refractivity contribution in [3.8, 4) is 5.75 Å². The van der Waals surface area contributed by atoms with Crippen LogP contribution >= 0.6 is 0 Å². The lowest BCUT2D eigenvalue weighted by Gasteiger charge is -2.11. The van der Waals surface area contributed by atoms with Gasteiger partial charge < -0.3 is 10.5 Å². The van der Waals surface area contributed by atoms with Gasteiger partial charge >= 0.3 is 0 Å². The van der Waals surface area contributed by atoms with Crippen LogP contribution in [0.2, 0.25) is 0 Å². The molecule has 0 amide bonds. The Hall–Kier alpha value is -1.54. The summed E-state index contributed by atoms with van der Waals surface area (Å²) in [6.45, 7) is 0.775. The molecule has 0 saturated heterocycles. The summed E-state index contributed by atoms with van der Waals surface area (Å²) in [6.07, 6.45) is 1.20. The lowest BCUT2D eigenvalue weighted by atomic mass is 9.99. The molecule has 0 heterocycles. The third-order valence-electron chi connectivity index (χ3n) is 3.75. The Labute approximate surface area is 101 Å². The summed E-state index contributed by atoms with van der Waals surface area (Å²) < 4.78 is 5.51. The SMILES string of the molecule is COc1ccc2ccccc2c1[C@@H]1C[C@H]1CN. The van der Waals surface area contributed by atoms with Gasteiger partial charge in [0.1, 0.15) is 5.75 Å². The molecule has 0 spiro atoms. The Bertz CT molecular complexity index is 550. The number of hydrogen-bond donors (Lipinski definition) is 1. The van der Waals surface area contributed by atoms with E-state index < -0.39 is 0 Å². The summed E-state index contributed by atoms with van der Waals surface area (Å²) in [4.78, 5) is 0. The Morgan fingerprint density at radius 1 is 1.24 bits per heavy atom. The molecule has 1 aliphatic rings. The second-order valence-corrected chi connectivity index (χ2v) is 4.74. The molecule has 2 atom stereocenters. The fourth-order valence-electron chi connectivity index (χ4n) is 2.70. The van der Waals surface area contributed by atoms with E-state index in [1.165, 1.54) is 22.8 Å². The van der Waals surface area contributed by atoms with Crippen LogP contribution in [0.15, 0.2) is 36.4 Å². The summed E-state index contributed by atoms with van der Waals surface area (Å²) in [5, 5.41) is 2.60. The first kappa shape index (κ1) is 10.6. The van der Waals surface area contributed by atoms with Crippen molar-refractivity contribution in [1.29, 1.82) is 0 Å². The number of ether oxygens (including phenoxy) is 1. The van der Waals surface area contributed by atoms with Crippen molar-refractivity contribution in [2.24, 2.45) is 11.7 Å². The standard InChI is InChI=1S/C15H17NO/c1-17-14-7-6-10-4-2-3-5-12(10)15(14)13-8-11(13)9-16/h2-7,11,13H,8-9,16H2,1H3/t11-,13+/m0/s1. The Morgan fingerprint density at radius 2 is 2.06 bits per heavy atom. The smallest absolute Gasteiger partial charge is 0.122 e. The van der Waals surface area contributed by atoms with Crippen molar-refractivity contribution in [2.75, 3.05) is 13.7 Å². The van der Waals surface area contributed by atoms with Crippen LogP contribution < -0.4 is 10.5 Å². The maximum atomic E-state index is 5.76. The highest BCUT2D eigenvalue weighted by atomic mass is 16.5. The zero-order valence-corrected chi connectivity index (χ0v) is 10.0. The van der Waals surface area contributed by atoms with Crippen molar-refractivity contribution < 1.29 is 4.74 Å². The van der Waals surface area contributed by atoms with Crippen molar-refractivity contribution in [3.63, 3.8) is 0 Å². The number of hydrogen-bond acceptors (Lipinski definition) is 2. The molecule has 0 aliphatic heterocycles. The second-order valence-electron chi connectivity index (χ2n) is 4.74. The van der Waals surface area contributed by atoms with Crippen LogP contribution in [0.3, 0.4) is 0 Å². The number of methoxy groups -OCH3 is 1. The van der Waals surface area contributed by atoms with E-state index >= 15 is 0 Å². The maximum Gasteiger partial charge on any atom is 0.122 e. The topological polar surface area (TPSA) is 35.2 Å². The number of rotatable bonds is 3. The van der Waals surface area contributed by atoms with Crippen LogP contribution in [0.5, 0.6) is 5.75 Å². The molecule has 2 heteroatoms. The molecule has 2 aromatic carbocycles. The number of fused-ring (bicyclic) bond motifs is 1. The van der Waals surface area contributed by atoms with Gasteiger partial charge in [0.2, 0.25) is 0 Å². The fourth-order valence-corrected chi connectivity index (χ4v) is 2.70. The molecule has 0 bridgehead atoms. The molecule has 17 heavy (non-hydrogen) atoms. The van der Waals surface area contributed by atoms with Gasteiger partial charge in [-0.2, -0.15) is 0 Å². The van der Waals surface area contributed by atoms with Crippen molar-refractivity contribution >= 4 is 10.8 Å². The van der Waals surface area contributed by atoms with Crippen LogP contribution in [0, 0.1) is 5.92 Å². The summed E-state index contributed by atoms with van der Waals surface area (Å²) >= 11 is 0. The lowest BCUT2D eigenvalue weighted by molar-refractivity contribution is 0.410. The van der Waals surface area contributed by atoms with Gasteiger partial charge in [0.05, 0.1) is 7.11 Å². The Kier molecular flexibility index (Phi) is 2.52. The molecule has 2 N–H and O–H groups in total. The van der Waals surface area contributed by atoms with Gasteiger partial charge in [-0.1, -0.05) is 30.3 Å². The highest BCUT2D eigenvalue weighted by Crippen LogP contribution is 2.51. The summed E-state index contributed by atoms with van der Waals surface area (Å²) in [6, 6.07) is 12.7. The molecule has 0 radical (unpaired) electrons. The van der Waals surface area contributed by atoms with E-state index in [1.54, 1.807) is 7.11 Å². The minimum atomic E-state index is 0.584. The van der Waals surface area contributed by atoms with E-state index in [0.29, 0.717) is 11.8 Å². The van der Waals surface area contributed by atoms with Crippen LogP contribution in [-0.4, -0.2) is 13.7 Å². The number of benzene rings is 2. The van der Waals surface area contributed by atoms with Crippen molar-refractivity contribution in [1.82, 2.24) is 0 Å². The minimum Gasteiger partial charge on any atom is -0.496 e. The first-order chi connectivity index (χ1) is 8.35. The molecule has 2 nitrogen and oxygen atoms in total. The van der Waals surface area contributed by atoms with Crippen LogP contribution in [-0.2, 0) is 0 Å². The highest BCUT2D eigenvalue weighted by molar-refractivity contribution is 5.88. The Balaban J connectivity index is 2.18. The molecular weight excluding hydrogens is 210 g/mol. The average Bonchev–Trinajstić information content (AvgIpc) is 3.16. The quantitative estimate of drug-likeness (QED) is 0.875. The van der Waals surface area contributed by atoms with E-state index in [9.17, 15) is 0 Å². The largest absolute Gasteiger partial charge is 0.496 e. The van der Waals surface area contributed by atoms with E-state index in [-0.39, 0.29) is 0 Å². The predicted molar refractivity (Wildman–Crippen MR) is 70.4 cm³/mol. The zero-order valence-electron chi connectivity index (χ0n) is 10.0. The predicted octanol–water partition coefficient (Wildman–Crippen LogP) is 2.91. The zero-order chi connectivity index (χ0) is 11.8. The van der Waals surface area contributed by atoms with Gasteiger partial charge in [-0.05, 0) is 41.6 Å². The van der Waals surface area contributed by atoms with E-state index in [2.05, 4.69) is 36.4 Å². The fraction of sp³-hybridized carbons (Fsp3) is 0.333. The lowest BCUT2D eigenvalue weighted by Crippen LogP contribution is -2.03. The minimum absolute atomic E-state index is 0.584. The van der Waals surface area contributed by atoms with Crippen LogP contribution in [0.1, 0.15) is 17.9 Å². The summed E-state index contributed by atoms with van der Waals surface area (Å²) in [5.74, 6) is 2.22. The normalized spacial score (nSPS) is 22.7. The van der Waals surface area contributed by atoms with Crippen molar-refractivity contribution in [2.45, 2.75) is 12.3 Å². The highest BCUT2D eigenvalue weighted by Gasteiger charge is 2.39.